The minimum atomic E-state index is 0.398. The maximum absolute atomic E-state index is 5.67. The Balaban J connectivity index is 1.93. The molecule has 0 bridgehead atoms. The molecule has 2 aromatic rings. The molecule has 0 spiro atoms. The summed E-state index contributed by atoms with van der Waals surface area (Å²) in [5.74, 6) is 0. The van der Waals surface area contributed by atoms with Crippen LogP contribution in [-0.4, -0.2) is 17.3 Å². The molecule has 0 aliphatic carbocycles. The number of hydrogen-bond acceptors (Lipinski definition) is 1. The zero-order chi connectivity index (χ0) is 11.0. The first kappa shape index (κ1) is 10.4. The molecule has 3 rings (SSSR count). The van der Waals surface area contributed by atoms with Gasteiger partial charge in [0.1, 0.15) is 0 Å². The van der Waals surface area contributed by atoms with Gasteiger partial charge in [-0.15, -0.1) is 0 Å². The Morgan fingerprint density at radius 2 is 2.31 bits per heavy atom. The normalized spacial score (nSPS) is 20.7. The largest absolute Gasteiger partial charge is 0.376 e. The smallest absolute Gasteiger partial charge is 0.0754 e. The zero-order valence-corrected chi connectivity index (χ0v) is 10.6. The number of aromatic nitrogens is 1. The lowest BCUT2D eigenvalue weighted by Crippen LogP contribution is -2.13. The standard InChI is InChI=1S/C13H14BrNO/c14-11-4-3-10-5-6-15(13(10)8-11)9-12-2-1-7-16-12/h3-6,8,12H,1-2,7,9H2. The van der Waals surface area contributed by atoms with Gasteiger partial charge in [-0.2, -0.15) is 0 Å². The Morgan fingerprint density at radius 3 is 3.12 bits per heavy atom. The van der Waals surface area contributed by atoms with Gasteiger partial charge in [-0.05, 0) is 36.4 Å². The molecule has 1 aromatic carbocycles. The Hall–Kier alpha value is -0.800. The minimum absolute atomic E-state index is 0.398. The van der Waals surface area contributed by atoms with Crippen molar-refractivity contribution in [1.29, 1.82) is 0 Å². The Labute approximate surface area is 103 Å². The summed E-state index contributed by atoms with van der Waals surface area (Å²) >= 11 is 3.52. The molecule has 1 unspecified atom stereocenters. The number of ether oxygens (including phenoxy) is 1. The molecular formula is C13H14BrNO. The van der Waals surface area contributed by atoms with Gasteiger partial charge in [0.15, 0.2) is 0 Å². The fourth-order valence-electron chi connectivity index (χ4n) is 2.32. The molecule has 0 N–H and O–H groups in total. The highest BCUT2D eigenvalue weighted by Gasteiger charge is 2.16. The summed E-state index contributed by atoms with van der Waals surface area (Å²) < 4.78 is 9.09. The van der Waals surface area contributed by atoms with Crippen molar-refractivity contribution < 1.29 is 4.74 Å². The van der Waals surface area contributed by atoms with E-state index in [0.29, 0.717) is 6.10 Å². The van der Waals surface area contributed by atoms with E-state index < -0.39 is 0 Å². The van der Waals surface area contributed by atoms with E-state index in [-0.39, 0.29) is 0 Å². The minimum Gasteiger partial charge on any atom is -0.376 e. The van der Waals surface area contributed by atoms with Crippen molar-refractivity contribution in [3.63, 3.8) is 0 Å². The van der Waals surface area contributed by atoms with Crippen molar-refractivity contribution in [2.75, 3.05) is 6.61 Å². The van der Waals surface area contributed by atoms with Gasteiger partial charge in [0.25, 0.3) is 0 Å². The lowest BCUT2D eigenvalue weighted by Gasteiger charge is -2.11. The zero-order valence-electron chi connectivity index (χ0n) is 9.03. The number of hydrogen-bond donors (Lipinski definition) is 0. The number of fused-ring (bicyclic) bond motifs is 1. The highest BCUT2D eigenvalue weighted by Crippen LogP contribution is 2.23. The van der Waals surface area contributed by atoms with Gasteiger partial charge in [0.05, 0.1) is 6.10 Å². The first-order valence-corrected chi connectivity index (χ1v) is 6.48. The van der Waals surface area contributed by atoms with Gasteiger partial charge < -0.3 is 9.30 Å². The molecule has 1 fully saturated rings. The van der Waals surface area contributed by atoms with Crippen molar-refractivity contribution in [1.82, 2.24) is 4.57 Å². The van der Waals surface area contributed by atoms with Crippen LogP contribution in [0.15, 0.2) is 34.9 Å². The molecule has 0 amide bonds. The van der Waals surface area contributed by atoms with E-state index in [0.717, 1.165) is 17.6 Å². The summed E-state index contributed by atoms with van der Waals surface area (Å²) in [5.41, 5.74) is 1.28. The predicted molar refractivity (Wildman–Crippen MR) is 68.6 cm³/mol. The second-order valence-corrected chi connectivity index (χ2v) is 5.22. The van der Waals surface area contributed by atoms with Gasteiger partial charge >= 0.3 is 0 Å². The second-order valence-electron chi connectivity index (χ2n) is 4.31. The van der Waals surface area contributed by atoms with E-state index in [9.17, 15) is 0 Å². The van der Waals surface area contributed by atoms with Crippen LogP contribution in [0.2, 0.25) is 0 Å². The van der Waals surface area contributed by atoms with Gasteiger partial charge in [-0.25, -0.2) is 0 Å². The molecule has 1 aliphatic heterocycles. The molecule has 1 atom stereocenters. The number of rotatable bonds is 2. The monoisotopic (exact) mass is 279 g/mol. The lowest BCUT2D eigenvalue weighted by molar-refractivity contribution is 0.0980. The SMILES string of the molecule is Brc1ccc2ccn(CC3CCCO3)c2c1. The maximum atomic E-state index is 5.67. The van der Waals surface area contributed by atoms with E-state index in [4.69, 9.17) is 4.74 Å². The fraction of sp³-hybridized carbons (Fsp3) is 0.385. The molecule has 2 heterocycles. The number of benzene rings is 1. The first-order chi connectivity index (χ1) is 7.83. The Kier molecular flexibility index (Phi) is 2.74. The van der Waals surface area contributed by atoms with Crippen molar-refractivity contribution in [2.45, 2.75) is 25.5 Å². The average Bonchev–Trinajstić information content (AvgIpc) is 2.90. The molecule has 3 heteroatoms. The van der Waals surface area contributed by atoms with Crippen molar-refractivity contribution in [3.8, 4) is 0 Å². The van der Waals surface area contributed by atoms with Crippen LogP contribution in [0.1, 0.15) is 12.8 Å². The van der Waals surface area contributed by atoms with Crippen LogP contribution >= 0.6 is 15.9 Å². The molecule has 84 valence electrons. The van der Waals surface area contributed by atoms with Crippen molar-refractivity contribution >= 4 is 26.8 Å². The third kappa shape index (κ3) is 1.89. The molecule has 2 nitrogen and oxygen atoms in total. The Bertz CT molecular complexity index is 500. The summed E-state index contributed by atoms with van der Waals surface area (Å²) in [5, 5.41) is 1.29. The third-order valence-electron chi connectivity index (χ3n) is 3.16. The molecule has 0 radical (unpaired) electrons. The molecular weight excluding hydrogens is 266 g/mol. The quantitative estimate of drug-likeness (QED) is 0.820. The molecule has 1 aromatic heterocycles. The van der Waals surface area contributed by atoms with Crippen LogP contribution < -0.4 is 0 Å². The summed E-state index contributed by atoms with van der Waals surface area (Å²) in [6, 6.07) is 8.56. The van der Waals surface area contributed by atoms with Gasteiger partial charge in [0, 0.05) is 29.3 Å². The summed E-state index contributed by atoms with van der Waals surface area (Å²) in [7, 11) is 0. The van der Waals surface area contributed by atoms with Crippen LogP contribution in [0.5, 0.6) is 0 Å². The molecule has 1 saturated heterocycles. The van der Waals surface area contributed by atoms with Gasteiger partial charge in [-0.3, -0.25) is 0 Å². The topological polar surface area (TPSA) is 14.2 Å². The van der Waals surface area contributed by atoms with Gasteiger partial charge in [-0.1, -0.05) is 22.0 Å². The van der Waals surface area contributed by atoms with Gasteiger partial charge in [0.2, 0.25) is 0 Å². The summed E-state index contributed by atoms with van der Waals surface area (Å²) in [6.45, 7) is 1.90. The fourth-order valence-corrected chi connectivity index (χ4v) is 2.67. The van der Waals surface area contributed by atoms with Crippen molar-refractivity contribution in [3.05, 3.63) is 34.9 Å². The average molecular weight is 280 g/mol. The summed E-state index contributed by atoms with van der Waals surface area (Å²) in [6.07, 6.45) is 4.94. The third-order valence-corrected chi connectivity index (χ3v) is 3.65. The molecule has 16 heavy (non-hydrogen) atoms. The predicted octanol–water partition coefficient (Wildman–Crippen LogP) is 3.58. The van der Waals surface area contributed by atoms with E-state index in [1.54, 1.807) is 0 Å². The van der Waals surface area contributed by atoms with E-state index in [2.05, 4.69) is 51.0 Å². The highest BCUT2D eigenvalue weighted by atomic mass is 79.9. The van der Waals surface area contributed by atoms with Crippen molar-refractivity contribution in [2.24, 2.45) is 0 Å². The highest BCUT2D eigenvalue weighted by molar-refractivity contribution is 9.10. The molecule has 1 aliphatic rings. The van der Waals surface area contributed by atoms with E-state index in [1.807, 2.05) is 0 Å². The van der Waals surface area contributed by atoms with Crippen LogP contribution in [0.3, 0.4) is 0 Å². The van der Waals surface area contributed by atoms with E-state index in [1.165, 1.54) is 23.7 Å². The van der Waals surface area contributed by atoms with E-state index >= 15 is 0 Å². The lowest BCUT2D eigenvalue weighted by atomic mass is 10.2. The van der Waals surface area contributed by atoms with Crippen LogP contribution in [0, 0.1) is 0 Å². The maximum Gasteiger partial charge on any atom is 0.0754 e. The number of halogens is 1. The number of nitrogens with zero attached hydrogens (tertiary/aromatic N) is 1. The Morgan fingerprint density at radius 1 is 1.38 bits per heavy atom. The van der Waals surface area contributed by atoms with Crippen LogP contribution in [0.25, 0.3) is 10.9 Å². The second kappa shape index (κ2) is 4.22. The molecule has 0 saturated carbocycles. The summed E-state index contributed by atoms with van der Waals surface area (Å²) in [4.78, 5) is 0. The van der Waals surface area contributed by atoms with Crippen LogP contribution in [0.4, 0.5) is 0 Å². The van der Waals surface area contributed by atoms with Crippen LogP contribution in [-0.2, 0) is 11.3 Å². The first-order valence-electron chi connectivity index (χ1n) is 5.69.